The SMILES string of the molecule is CS(=O)(=O)c1ccc(C2CNC3CCN(CC4NCCS4)C3N2)cc1. The summed E-state index contributed by atoms with van der Waals surface area (Å²) >= 11 is 2.01. The van der Waals surface area contributed by atoms with Crippen LogP contribution in [-0.4, -0.2) is 69.1 Å². The lowest BCUT2D eigenvalue weighted by atomic mass is 10.0. The largest absolute Gasteiger partial charge is 0.309 e. The van der Waals surface area contributed by atoms with Gasteiger partial charge in [0.15, 0.2) is 9.84 Å². The summed E-state index contributed by atoms with van der Waals surface area (Å²) in [4.78, 5) is 2.93. The van der Waals surface area contributed by atoms with Gasteiger partial charge < -0.3 is 10.6 Å². The number of nitrogens with one attached hydrogen (secondary N) is 3. The minimum Gasteiger partial charge on any atom is -0.309 e. The molecule has 4 rings (SSSR count). The molecular weight excluding hydrogens is 356 g/mol. The number of likely N-dealkylation sites (tertiary alicyclic amines) is 1. The van der Waals surface area contributed by atoms with Crippen LogP contribution in [0.15, 0.2) is 29.2 Å². The summed E-state index contributed by atoms with van der Waals surface area (Å²) in [5.74, 6) is 1.20. The van der Waals surface area contributed by atoms with Gasteiger partial charge in [0.05, 0.1) is 16.4 Å². The number of thioether (sulfide) groups is 1. The molecule has 0 spiro atoms. The van der Waals surface area contributed by atoms with Gasteiger partial charge in [0.25, 0.3) is 0 Å². The maximum absolute atomic E-state index is 11.6. The van der Waals surface area contributed by atoms with E-state index in [4.69, 9.17) is 0 Å². The third kappa shape index (κ3) is 3.89. The van der Waals surface area contributed by atoms with Gasteiger partial charge in [-0.2, -0.15) is 0 Å². The fraction of sp³-hybridized carbons (Fsp3) is 0.647. The van der Waals surface area contributed by atoms with Crippen molar-refractivity contribution in [3.63, 3.8) is 0 Å². The molecular formula is C17H26N4O2S2. The number of nitrogens with zero attached hydrogens (tertiary/aromatic N) is 1. The molecule has 0 amide bonds. The smallest absolute Gasteiger partial charge is 0.175 e. The molecule has 3 heterocycles. The molecule has 0 aliphatic carbocycles. The van der Waals surface area contributed by atoms with Crippen LogP contribution in [0, 0.1) is 0 Å². The topological polar surface area (TPSA) is 73.5 Å². The van der Waals surface area contributed by atoms with Gasteiger partial charge in [-0.25, -0.2) is 8.42 Å². The van der Waals surface area contributed by atoms with Crippen LogP contribution >= 0.6 is 11.8 Å². The quantitative estimate of drug-likeness (QED) is 0.696. The number of sulfone groups is 1. The van der Waals surface area contributed by atoms with E-state index >= 15 is 0 Å². The first kappa shape index (κ1) is 17.8. The Bertz CT molecular complexity index is 704. The Balaban J connectivity index is 1.44. The molecule has 138 valence electrons. The molecule has 1 aromatic carbocycles. The highest BCUT2D eigenvalue weighted by Crippen LogP contribution is 2.27. The van der Waals surface area contributed by atoms with E-state index in [-0.39, 0.29) is 6.04 Å². The van der Waals surface area contributed by atoms with Gasteiger partial charge in [0.1, 0.15) is 0 Å². The zero-order valence-corrected chi connectivity index (χ0v) is 16.1. The molecule has 4 unspecified atom stereocenters. The lowest BCUT2D eigenvalue weighted by Crippen LogP contribution is -2.60. The van der Waals surface area contributed by atoms with Gasteiger partial charge in [0.2, 0.25) is 0 Å². The molecule has 3 N–H and O–H groups in total. The second kappa shape index (κ2) is 7.17. The van der Waals surface area contributed by atoms with Crippen molar-refractivity contribution in [3.8, 4) is 0 Å². The van der Waals surface area contributed by atoms with E-state index < -0.39 is 9.84 Å². The third-order valence-electron chi connectivity index (χ3n) is 5.36. The predicted octanol–water partition coefficient (Wildman–Crippen LogP) is 0.387. The van der Waals surface area contributed by atoms with Crippen LogP contribution in [0.1, 0.15) is 18.0 Å². The van der Waals surface area contributed by atoms with Crippen molar-refractivity contribution in [2.75, 3.05) is 38.2 Å². The van der Waals surface area contributed by atoms with Crippen LogP contribution in [0.2, 0.25) is 0 Å². The fourth-order valence-electron chi connectivity index (χ4n) is 4.00. The van der Waals surface area contributed by atoms with Gasteiger partial charge in [-0.15, -0.1) is 11.8 Å². The second-order valence-electron chi connectivity index (χ2n) is 7.12. The highest BCUT2D eigenvalue weighted by molar-refractivity contribution is 8.00. The molecule has 3 saturated heterocycles. The Kier molecular flexibility index (Phi) is 5.09. The summed E-state index contributed by atoms with van der Waals surface area (Å²) in [5.41, 5.74) is 1.14. The first-order chi connectivity index (χ1) is 12.0. The van der Waals surface area contributed by atoms with E-state index in [2.05, 4.69) is 20.9 Å². The van der Waals surface area contributed by atoms with Crippen molar-refractivity contribution in [3.05, 3.63) is 29.8 Å². The molecule has 4 atom stereocenters. The van der Waals surface area contributed by atoms with Crippen LogP contribution in [0.25, 0.3) is 0 Å². The number of hydrogen-bond acceptors (Lipinski definition) is 7. The zero-order chi connectivity index (χ0) is 17.4. The van der Waals surface area contributed by atoms with Gasteiger partial charge in [0, 0.05) is 50.3 Å². The minimum atomic E-state index is -3.14. The molecule has 0 aromatic heterocycles. The summed E-state index contributed by atoms with van der Waals surface area (Å²) in [6, 6.07) is 8.00. The summed E-state index contributed by atoms with van der Waals surface area (Å²) < 4.78 is 23.3. The number of fused-ring (bicyclic) bond motifs is 1. The molecule has 8 heteroatoms. The summed E-state index contributed by atoms with van der Waals surface area (Å²) in [6.45, 7) is 4.18. The summed E-state index contributed by atoms with van der Waals surface area (Å²) in [6.07, 6.45) is 2.77. The molecule has 3 aliphatic heterocycles. The lowest BCUT2D eigenvalue weighted by molar-refractivity contribution is 0.152. The van der Waals surface area contributed by atoms with Gasteiger partial charge in [-0.1, -0.05) is 12.1 Å². The standard InChI is InChI=1S/C17H26N4O2S2/c1-25(22,23)13-4-2-12(3-5-13)15-10-19-14-6-8-21(17(14)20-15)11-16-18-7-9-24-16/h2-5,14-20H,6-11H2,1H3. The molecule has 0 radical (unpaired) electrons. The Labute approximate surface area is 154 Å². The monoisotopic (exact) mass is 382 g/mol. The first-order valence-electron chi connectivity index (χ1n) is 8.89. The molecule has 6 nitrogen and oxygen atoms in total. The second-order valence-corrected chi connectivity index (χ2v) is 10.4. The van der Waals surface area contributed by atoms with E-state index in [1.54, 1.807) is 12.1 Å². The van der Waals surface area contributed by atoms with Crippen LogP contribution in [0.4, 0.5) is 0 Å². The van der Waals surface area contributed by atoms with Crippen LogP contribution in [0.5, 0.6) is 0 Å². The highest BCUT2D eigenvalue weighted by atomic mass is 32.2. The predicted molar refractivity (Wildman–Crippen MR) is 101 cm³/mol. The highest BCUT2D eigenvalue weighted by Gasteiger charge is 2.39. The normalized spacial score (nSPS) is 33.5. The number of piperazine rings is 1. The van der Waals surface area contributed by atoms with E-state index in [1.807, 2.05) is 23.9 Å². The number of rotatable bonds is 4. The van der Waals surface area contributed by atoms with Gasteiger partial charge in [-0.3, -0.25) is 10.2 Å². The van der Waals surface area contributed by atoms with E-state index in [0.29, 0.717) is 22.5 Å². The van der Waals surface area contributed by atoms with Crippen molar-refractivity contribution < 1.29 is 8.42 Å². The Hall–Kier alpha value is -0.640. The third-order valence-corrected chi connectivity index (χ3v) is 7.65. The van der Waals surface area contributed by atoms with Crippen molar-refractivity contribution in [2.24, 2.45) is 0 Å². The Morgan fingerprint density at radius 2 is 2.04 bits per heavy atom. The molecule has 25 heavy (non-hydrogen) atoms. The average Bonchev–Trinajstić information content (AvgIpc) is 3.24. The number of benzene rings is 1. The Morgan fingerprint density at radius 3 is 2.72 bits per heavy atom. The van der Waals surface area contributed by atoms with Crippen LogP contribution in [0.3, 0.4) is 0 Å². The van der Waals surface area contributed by atoms with E-state index in [1.165, 1.54) is 18.4 Å². The maximum Gasteiger partial charge on any atom is 0.175 e. The Morgan fingerprint density at radius 1 is 1.24 bits per heavy atom. The van der Waals surface area contributed by atoms with Crippen molar-refractivity contribution in [1.29, 1.82) is 0 Å². The zero-order valence-electron chi connectivity index (χ0n) is 14.4. The van der Waals surface area contributed by atoms with E-state index in [9.17, 15) is 8.42 Å². The lowest BCUT2D eigenvalue weighted by Gasteiger charge is -2.39. The molecule has 0 bridgehead atoms. The van der Waals surface area contributed by atoms with Crippen LogP contribution < -0.4 is 16.0 Å². The van der Waals surface area contributed by atoms with E-state index in [0.717, 1.165) is 31.7 Å². The number of hydrogen-bond donors (Lipinski definition) is 3. The molecule has 1 aromatic rings. The summed E-state index contributed by atoms with van der Waals surface area (Å²) in [7, 11) is -3.14. The minimum absolute atomic E-state index is 0.208. The summed E-state index contributed by atoms with van der Waals surface area (Å²) in [5, 5.41) is 11.6. The maximum atomic E-state index is 11.6. The van der Waals surface area contributed by atoms with Crippen molar-refractivity contribution in [1.82, 2.24) is 20.9 Å². The van der Waals surface area contributed by atoms with Gasteiger partial charge in [-0.05, 0) is 24.1 Å². The fourth-order valence-corrected chi connectivity index (χ4v) is 5.69. The van der Waals surface area contributed by atoms with Gasteiger partial charge >= 0.3 is 0 Å². The van der Waals surface area contributed by atoms with Crippen LogP contribution in [-0.2, 0) is 9.84 Å². The molecule has 3 aliphatic rings. The molecule has 0 saturated carbocycles. The first-order valence-corrected chi connectivity index (χ1v) is 11.8. The van der Waals surface area contributed by atoms with Crippen molar-refractivity contribution >= 4 is 21.6 Å². The average molecular weight is 383 g/mol. The molecule has 3 fully saturated rings. The van der Waals surface area contributed by atoms with Crippen molar-refractivity contribution in [2.45, 2.75) is 34.9 Å².